The van der Waals surface area contributed by atoms with Crippen molar-refractivity contribution in [3.8, 4) is 0 Å². The summed E-state index contributed by atoms with van der Waals surface area (Å²) in [5.41, 5.74) is -3.35. The minimum atomic E-state index is -5.25. The van der Waals surface area contributed by atoms with Crippen LogP contribution in [0.2, 0.25) is 0 Å². The third-order valence-electron chi connectivity index (χ3n) is 2.11. The lowest BCUT2D eigenvalue weighted by Crippen LogP contribution is -2.16. The molecule has 0 amide bonds. The molecule has 0 fully saturated rings. The molecule has 0 N–H and O–H groups in total. The van der Waals surface area contributed by atoms with Crippen LogP contribution in [0.3, 0.4) is 0 Å². The Morgan fingerprint density at radius 2 is 1.74 bits per heavy atom. The SMILES string of the molecule is CCCOC(=O)c1cc(C(F)(F)F)c(F)c(F)c1F. The topological polar surface area (TPSA) is 26.3 Å². The summed E-state index contributed by atoms with van der Waals surface area (Å²) in [5.74, 6) is -8.24. The van der Waals surface area contributed by atoms with Gasteiger partial charge in [0, 0.05) is 0 Å². The molecule has 0 aliphatic rings. The van der Waals surface area contributed by atoms with E-state index >= 15 is 0 Å². The van der Waals surface area contributed by atoms with Crippen LogP contribution >= 0.6 is 0 Å². The Morgan fingerprint density at radius 1 is 1.16 bits per heavy atom. The summed E-state index contributed by atoms with van der Waals surface area (Å²) >= 11 is 0. The molecule has 0 atom stereocenters. The highest BCUT2D eigenvalue weighted by atomic mass is 19.4. The monoisotopic (exact) mass is 286 g/mol. The van der Waals surface area contributed by atoms with E-state index in [0.717, 1.165) is 0 Å². The summed E-state index contributed by atoms with van der Waals surface area (Å²) in [5, 5.41) is 0. The van der Waals surface area contributed by atoms with Gasteiger partial charge in [-0.1, -0.05) is 6.92 Å². The highest BCUT2D eigenvalue weighted by molar-refractivity contribution is 5.90. The molecule has 0 radical (unpaired) electrons. The Kier molecular flexibility index (Phi) is 4.43. The Hall–Kier alpha value is -1.73. The fourth-order valence-corrected chi connectivity index (χ4v) is 1.23. The second kappa shape index (κ2) is 5.50. The zero-order valence-corrected chi connectivity index (χ0v) is 9.58. The first kappa shape index (κ1) is 15.3. The lowest BCUT2D eigenvalue weighted by Gasteiger charge is -2.11. The van der Waals surface area contributed by atoms with Gasteiger partial charge >= 0.3 is 12.1 Å². The van der Waals surface area contributed by atoms with Crippen LogP contribution in [0.4, 0.5) is 26.3 Å². The minimum Gasteiger partial charge on any atom is -0.462 e. The van der Waals surface area contributed by atoms with Crippen LogP contribution in [-0.2, 0) is 10.9 Å². The number of hydrogen-bond acceptors (Lipinski definition) is 2. The molecule has 0 aliphatic carbocycles. The highest BCUT2D eigenvalue weighted by Gasteiger charge is 2.38. The first-order chi connectivity index (χ1) is 8.70. The molecule has 0 saturated carbocycles. The van der Waals surface area contributed by atoms with E-state index in [-0.39, 0.29) is 12.7 Å². The number of ether oxygens (including phenoxy) is 1. The van der Waals surface area contributed by atoms with Crippen molar-refractivity contribution in [3.05, 3.63) is 34.6 Å². The summed E-state index contributed by atoms with van der Waals surface area (Å²) in [6.45, 7) is 1.41. The fourth-order valence-electron chi connectivity index (χ4n) is 1.23. The highest BCUT2D eigenvalue weighted by Crippen LogP contribution is 2.34. The average Bonchev–Trinajstić information content (AvgIpc) is 2.31. The van der Waals surface area contributed by atoms with Crippen LogP contribution in [0.15, 0.2) is 6.07 Å². The predicted molar refractivity (Wildman–Crippen MR) is 51.9 cm³/mol. The number of alkyl halides is 3. The van der Waals surface area contributed by atoms with E-state index < -0.39 is 40.7 Å². The molecule has 106 valence electrons. The molecule has 0 bridgehead atoms. The first-order valence-corrected chi connectivity index (χ1v) is 5.12. The normalized spacial score (nSPS) is 11.5. The van der Waals surface area contributed by atoms with Crippen molar-refractivity contribution in [3.63, 3.8) is 0 Å². The van der Waals surface area contributed by atoms with Crippen molar-refractivity contribution in [2.45, 2.75) is 19.5 Å². The minimum absolute atomic E-state index is 0.105. The first-order valence-electron chi connectivity index (χ1n) is 5.12. The molecule has 1 rings (SSSR count). The predicted octanol–water partition coefficient (Wildman–Crippen LogP) is 3.69. The van der Waals surface area contributed by atoms with E-state index in [9.17, 15) is 31.1 Å². The molecule has 0 aliphatic heterocycles. The molecule has 1 aromatic carbocycles. The van der Waals surface area contributed by atoms with Gasteiger partial charge in [-0.05, 0) is 12.5 Å². The van der Waals surface area contributed by atoms with Crippen molar-refractivity contribution in [1.82, 2.24) is 0 Å². The number of hydrogen-bond donors (Lipinski definition) is 0. The van der Waals surface area contributed by atoms with Crippen molar-refractivity contribution in [2.75, 3.05) is 6.61 Å². The number of halogens is 6. The Morgan fingerprint density at radius 3 is 2.21 bits per heavy atom. The Bertz CT molecular complexity index is 495. The van der Waals surface area contributed by atoms with Crippen LogP contribution in [-0.4, -0.2) is 12.6 Å². The molecule has 1 aromatic rings. The molecular weight excluding hydrogens is 278 g/mol. The summed E-state index contributed by atoms with van der Waals surface area (Å²) in [4.78, 5) is 11.2. The Labute approximate surface area is 104 Å². The van der Waals surface area contributed by atoms with Gasteiger partial charge in [-0.15, -0.1) is 0 Å². The lowest BCUT2D eigenvalue weighted by atomic mass is 10.1. The number of benzene rings is 1. The summed E-state index contributed by atoms with van der Waals surface area (Å²) in [6, 6.07) is -0.105. The van der Waals surface area contributed by atoms with E-state index in [2.05, 4.69) is 4.74 Å². The zero-order chi connectivity index (χ0) is 14.8. The largest absolute Gasteiger partial charge is 0.462 e. The second-order valence-corrected chi connectivity index (χ2v) is 3.55. The van der Waals surface area contributed by atoms with Gasteiger partial charge in [0.1, 0.15) is 0 Å². The lowest BCUT2D eigenvalue weighted by molar-refractivity contribution is -0.140. The van der Waals surface area contributed by atoms with Gasteiger partial charge in [0.15, 0.2) is 17.5 Å². The van der Waals surface area contributed by atoms with E-state index in [0.29, 0.717) is 6.42 Å². The maximum Gasteiger partial charge on any atom is 0.419 e. The second-order valence-electron chi connectivity index (χ2n) is 3.55. The third-order valence-corrected chi connectivity index (χ3v) is 2.11. The molecule has 0 aromatic heterocycles. The summed E-state index contributed by atoms with van der Waals surface area (Å²) in [6.07, 6.45) is -4.92. The molecular formula is C11H8F6O2. The third kappa shape index (κ3) is 3.18. The van der Waals surface area contributed by atoms with Crippen LogP contribution in [0.25, 0.3) is 0 Å². The molecule has 2 nitrogen and oxygen atoms in total. The number of esters is 1. The molecule has 0 heterocycles. The summed E-state index contributed by atoms with van der Waals surface area (Å²) in [7, 11) is 0. The molecule has 0 saturated heterocycles. The van der Waals surface area contributed by atoms with E-state index in [1.54, 1.807) is 6.92 Å². The van der Waals surface area contributed by atoms with Gasteiger partial charge < -0.3 is 4.74 Å². The van der Waals surface area contributed by atoms with Crippen LogP contribution in [0.1, 0.15) is 29.3 Å². The van der Waals surface area contributed by atoms with Crippen LogP contribution in [0, 0.1) is 17.5 Å². The van der Waals surface area contributed by atoms with Crippen molar-refractivity contribution in [2.24, 2.45) is 0 Å². The molecule has 0 spiro atoms. The molecule has 0 unspecified atom stereocenters. The van der Waals surface area contributed by atoms with E-state index in [1.165, 1.54) is 0 Å². The quantitative estimate of drug-likeness (QED) is 0.481. The average molecular weight is 286 g/mol. The maximum atomic E-state index is 13.2. The van der Waals surface area contributed by atoms with Crippen LogP contribution in [0.5, 0.6) is 0 Å². The van der Waals surface area contributed by atoms with Gasteiger partial charge in [0.2, 0.25) is 0 Å². The Balaban J connectivity index is 3.34. The van der Waals surface area contributed by atoms with Gasteiger partial charge in [-0.2, -0.15) is 13.2 Å². The van der Waals surface area contributed by atoms with Crippen molar-refractivity contribution in [1.29, 1.82) is 0 Å². The van der Waals surface area contributed by atoms with Crippen molar-refractivity contribution < 1.29 is 35.9 Å². The smallest absolute Gasteiger partial charge is 0.419 e. The zero-order valence-electron chi connectivity index (χ0n) is 9.58. The molecule has 19 heavy (non-hydrogen) atoms. The van der Waals surface area contributed by atoms with Gasteiger partial charge in [0.25, 0.3) is 0 Å². The van der Waals surface area contributed by atoms with Gasteiger partial charge in [-0.3, -0.25) is 0 Å². The maximum absolute atomic E-state index is 13.2. The number of carbonyl (C=O) groups excluding carboxylic acids is 1. The molecule has 8 heteroatoms. The van der Waals surface area contributed by atoms with E-state index in [4.69, 9.17) is 0 Å². The fraction of sp³-hybridized carbons (Fsp3) is 0.364. The summed E-state index contributed by atoms with van der Waals surface area (Å²) < 4.78 is 80.7. The van der Waals surface area contributed by atoms with Gasteiger partial charge in [-0.25, -0.2) is 18.0 Å². The number of carbonyl (C=O) groups is 1. The number of rotatable bonds is 3. The van der Waals surface area contributed by atoms with Crippen LogP contribution < -0.4 is 0 Å². The van der Waals surface area contributed by atoms with Gasteiger partial charge in [0.05, 0.1) is 17.7 Å². The standard InChI is InChI=1S/C11H8F6O2/c1-2-3-19-10(18)5-4-6(11(15,16)17)8(13)9(14)7(5)12/h4H,2-3H2,1H3. The van der Waals surface area contributed by atoms with E-state index in [1.807, 2.05) is 0 Å². The van der Waals surface area contributed by atoms with Crippen molar-refractivity contribution >= 4 is 5.97 Å².